The summed E-state index contributed by atoms with van der Waals surface area (Å²) in [6, 6.07) is 7.81. The first-order valence-electron chi connectivity index (χ1n) is 7.17. The van der Waals surface area contributed by atoms with Gasteiger partial charge in [-0.1, -0.05) is 13.0 Å². The molecule has 0 fully saturated rings. The minimum Gasteiger partial charge on any atom is -0.495 e. The van der Waals surface area contributed by atoms with Gasteiger partial charge >= 0.3 is 0 Å². The second kappa shape index (κ2) is 8.98. The number of hydrogen-bond donors (Lipinski definition) is 2. The lowest BCUT2D eigenvalue weighted by molar-refractivity contribution is -0.121. The highest BCUT2D eigenvalue weighted by Gasteiger charge is 2.06. The number of carbonyl (C=O) groups excluding carboxylic acids is 1. The molecule has 21 heavy (non-hydrogen) atoms. The van der Waals surface area contributed by atoms with E-state index in [1.165, 1.54) is 0 Å². The molecular formula is C16H23N3O2. The number of rotatable bonds is 8. The van der Waals surface area contributed by atoms with Crippen molar-refractivity contribution in [1.82, 2.24) is 10.6 Å². The van der Waals surface area contributed by atoms with E-state index in [-0.39, 0.29) is 11.9 Å². The molecule has 1 aromatic rings. The van der Waals surface area contributed by atoms with Crippen LogP contribution in [0.25, 0.3) is 0 Å². The molecule has 0 aromatic heterocycles. The van der Waals surface area contributed by atoms with E-state index in [9.17, 15) is 4.79 Å². The molecule has 1 aromatic carbocycles. The molecule has 0 aliphatic carbocycles. The molecule has 114 valence electrons. The van der Waals surface area contributed by atoms with Crippen LogP contribution < -0.4 is 15.4 Å². The second-order valence-electron chi connectivity index (χ2n) is 4.95. The predicted molar refractivity (Wildman–Crippen MR) is 81.9 cm³/mol. The maximum absolute atomic E-state index is 11.6. The van der Waals surface area contributed by atoms with Gasteiger partial charge in [-0.05, 0) is 31.0 Å². The van der Waals surface area contributed by atoms with Gasteiger partial charge in [0.1, 0.15) is 11.8 Å². The maximum Gasteiger partial charge on any atom is 0.221 e. The van der Waals surface area contributed by atoms with Crippen molar-refractivity contribution < 1.29 is 9.53 Å². The molecule has 0 saturated heterocycles. The van der Waals surface area contributed by atoms with Crippen LogP contribution >= 0.6 is 0 Å². The molecule has 5 nitrogen and oxygen atoms in total. The van der Waals surface area contributed by atoms with Crippen molar-refractivity contribution in [2.75, 3.05) is 13.7 Å². The zero-order chi connectivity index (χ0) is 15.7. The lowest BCUT2D eigenvalue weighted by Gasteiger charge is -2.11. The Morgan fingerprint density at radius 2 is 2.24 bits per heavy atom. The third kappa shape index (κ3) is 5.84. The summed E-state index contributed by atoms with van der Waals surface area (Å²) in [6.07, 6.45) is 1.38. The van der Waals surface area contributed by atoms with E-state index in [1.807, 2.05) is 19.9 Å². The van der Waals surface area contributed by atoms with Crippen LogP contribution in [-0.4, -0.2) is 25.6 Å². The Hall–Kier alpha value is -2.06. The molecule has 5 heteroatoms. The molecule has 0 aliphatic rings. The Bertz CT molecular complexity index is 509. The van der Waals surface area contributed by atoms with Crippen LogP contribution in [-0.2, 0) is 11.3 Å². The molecule has 1 atom stereocenters. The van der Waals surface area contributed by atoms with Crippen LogP contribution in [0.4, 0.5) is 0 Å². The Balaban J connectivity index is 2.36. The minimum absolute atomic E-state index is 0.0595. The molecule has 0 aliphatic heterocycles. The van der Waals surface area contributed by atoms with Gasteiger partial charge in [0.05, 0.1) is 12.7 Å². The van der Waals surface area contributed by atoms with Gasteiger partial charge in [0.15, 0.2) is 0 Å². The van der Waals surface area contributed by atoms with Crippen LogP contribution in [0, 0.1) is 11.3 Å². The lowest BCUT2D eigenvalue weighted by atomic mass is 10.1. The fourth-order valence-electron chi connectivity index (χ4n) is 1.84. The number of nitriles is 1. The minimum atomic E-state index is 0.0595. The highest BCUT2D eigenvalue weighted by Crippen LogP contribution is 2.18. The van der Waals surface area contributed by atoms with E-state index in [1.54, 1.807) is 19.2 Å². The molecular weight excluding hydrogens is 266 g/mol. The van der Waals surface area contributed by atoms with Crippen molar-refractivity contribution in [3.05, 3.63) is 29.3 Å². The van der Waals surface area contributed by atoms with Crippen LogP contribution in [0.2, 0.25) is 0 Å². The molecule has 0 saturated carbocycles. The first-order valence-corrected chi connectivity index (χ1v) is 7.17. The van der Waals surface area contributed by atoms with E-state index in [4.69, 9.17) is 10.00 Å². The van der Waals surface area contributed by atoms with Crippen LogP contribution in [0.1, 0.15) is 37.8 Å². The first kappa shape index (κ1) is 17.0. The average Bonchev–Trinajstić information content (AvgIpc) is 2.51. The monoisotopic (exact) mass is 289 g/mol. The van der Waals surface area contributed by atoms with Crippen LogP contribution in [0.15, 0.2) is 18.2 Å². The van der Waals surface area contributed by atoms with Gasteiger partial charge in [0.2, 0.25) is 5.91 Å². The van der Waals surface area contributed by atoms with E-state index in [0.717, 1.165) is 12.0 Å². The third-order valence-electron chi connectivity index (χ3n) is 3.26. The zero-order valence-electron chi connectivity index (χ0n) is 12.9. The quantitative estimate of drug-likeness (QED) is 0.717. The fourth-order valence-corrected chi connectivity index (χ4v) is 1.84. The summed E-state index contributed by atoms with van der Waals surface area (Å²) in [5.74, 6) is 0.637. The van der Waals surface area contributed by atoms with Gasteiger partial charge in [-0.15, -0.1) is 0 Å². The zero-order valence-corrected chi connectivity index (χ0v) is 12.9. The molecule has 2 N–H and O–H groups in total. The molecule has 1 unspecified atom stereocenters. The van der Waals surface area contributed by atoms with E-state index < -0.39 is 0 Å². The molecule has 0 spiro atoms. The summed E-state index contributed by atoms with van der Waals surface area (Å²) >= 11 is 0. The van der Waals surface area contributed by atoms with Gasteiger partial charge in [-0.3, -0.25) is 4.79 Å². The van der Waals surface area contributed by atoms with Gasteiger partial charge in [-0.2, -0.15) is 5.26 Å². The topological polar surface area (TPSA) is 74.2 Å². The summed E-state index contributed by atoms with van der Waals surface area (Å²) in [6.45, 7) is 5.26. The molecule has 0 bridgehead atoms. The Labute approximate surface area is 126 Å². The number of methoxy groups -OCH3 is 1. The molecule has 1 rings (SSSR count). The van der Waals surface area contributed by atoms with Gasteiger partial charge < -0.3 is 15.4 Å². The van der Waals surface area contributed by atoms with Gasteiger partial charge in [-0.25, -0.2) is 0 Å². The van der Waals surface area contributed by atoms with E-state index >= 15 is 0 Å². The van der Waals surface area contributed by atoms with Crippen LogP contribution in [0.5, 0.6) is 5.75 Å². The van der Waals surface area contributed by atoms with Crippen molar-refractivity contribution >= 4 is 5.91 Å². The first-order chi connectivity index (χ1) is 10.1. The van der Waals surface area contributed by atoms with Crippen molar-refractivity contribution in [3.63, 3.8) is 0 Å². The number of carbonyl (C=O) groups is 1. The number of nitrogens with one attached hydrogen (secondary N) is 2. The second-order valence-corrected chi connectivity index (χ2v) is 4.95. The van der Waals surface area contributed by atoms with Crippen molar-refractivity contribution in [3.8, 4) is 11.8 Å². The molecule has 0 radical (unpaired) electrons. The van der Waals surface area contributed by atoms with Crippen molar-refractivity contribution in [1.29, 1.82) is 5.26 Å². The lowest BCUT2D eigenvalue weighted by Crippen LogP contribution is -2.33. The largest absolute Gasteiger partial charge is 0.495 e. The van der Waals surface area contributed by atoms with Gasteiger partial charge in [0.25, 0.3) is 0 Å². The summed E-state index contributed by atoms with van der Waals surface area (Å²) < 4.78 is 5.10. The summed E-state index contributed by atoms with van der Waals surface area (Å²) in [7, 11) is 1.55. The number of ether oxygens (including phenoxy) is 1. The Morgan fingerprint density at radius 1 is 1.48 bits per heavy atom. The van der Waals surface area contributed by atoms with E-state index in [0.29, 0.717) is 30.8 Å². The smallest absolute Gasteiger partial charge is 0.221 e. The molecule has 0 heterocycles. The fraction of sp³-hybridized carbons (Fsp3) is 0.500. The van der Waals surface area contributed by atoms with Gasteiger partial charge in [0, 0.05) is 25.6 Å². The summed E-state index contributed by atoms with van der Waals surface area (Å²) in [4.78, 5) is 11.6. The highest BCUT2D eigenvalue weighted by atomic mass is 16.5. The maximum atomic E-state index is 11.6. The van der Waals surface area contributed by atoms with Crippen LogP contribution in [0.3, 0.4) is 0 Å². The number of nitrogens with zero attached hydrogens (tertiary/aromatic N) is 1. The third-order valence-corrected chi connectivity index (χ3v) is 3.26. The normalized spacial score (nSPS) is 11.5. The Morgan fingerprint density at radius 3 is 2.86 bits per heavy atom. The number of amides is 1. The predicted octanol–water partition coefficient (Wildman–Crippen LogP) is 1.96. The number of benzene rings is 1. The highest BCUT2D eigenvalue weighted by molar-refractivity contribution is 5.76. The summed E-state index contributed by atoms with van der Waals surface area (Å²) in [5.41, 5.74) is 1.51. The summed E-state index contributed by atoms with van der Waals surface area (Å²) in [5, 5.41) is 15.1. The SMILES string of the molecule is CCC(C)NC(=O)CCNCc1ccc(OC)c(C#N)c1. The van der Waals surface area contributed by atoms with Crippen molar-refractivity contribution in [2.45, 2.75) is 39.3 Å². The average molecular weight is 289 g/mol. The number of hydrogen-bond acceptors (Lipinski definition) is 4. The van der Waals surface area contributed by atoms with E-state index in [2.05, 4.69) is 16.7 Å². The standard InChI is InChI=1S/C16H23N3O2/c1-4-12(2)19-16(20)7-8-18-11-13-5-6-15(21-3)14(9-13)10-17/h5-6,9,12,18H,4,7-8,11H2,1-3H3,(H,19,20). The molecule has 1 amide bonds. The van der Waals surface area contributed by atoms with Crippen molar-refractivity contribution in [2.24, 2.45) is 0 Å². The Kier molecular flexibility index (Phi) is 7.27.